The lowest BCUT2D eigenvalue weighted by Crippen LogP contribution is -2.17. The first-order valence-corrected chi connectivity index (χ1v) is 9.99. The molecule has 3 aromatic rings. The summed E-state index contributed by atoms with van der Waals surface area (Å²) >= 11 is 6.15. The number of ether oxygens (including phenoxy) is 1. The molecular weight excluding hydrogens is 384 g/mol. The minimum atomic E-state index is -0.0376. The second-order valence-electron chi connectivity index (χ2n) is 7.10. The number of carbonyl (C=O) groups is 1. The van der Waals surface area contributed by atoms with Gasteiger partial charge in [0.2, 0.25) is 5.91 Å². The average molecular weight is 409 g/mol. The molecule has 0 aromatic heterocycles. The van der Waals surface area contributed by atoms with Gasteiger partial charge in [0, 0.05) is 34.4 Å². The molecule has 0 radical (unpaired) electrons. The van der Waals surface area contributed by atoms with E-state index in [2.05, 4.69) is 10.6 Å². The molecule has 0 spiro atoms. The van der Waals surface area contributed by atoms with Gasteiger partial charge in [-0.25, -0.2) is 0 Å². The molecule has 0 fully saturated rings. The Morgan fingerprint density at radius 2 is 1.59 bits per heavy atom. The summed E-state index contributed by atoms with van der Waals surface area (Å²) in [6, 6.07) is 23.4. The van der Waals surface area contributed by atoms with Gasteiger partial charge in [0.1, 0.15) is 12.4 Å². The van der Waals surface area contributed by atoms with Crippen molar-refractivity contribution in [2.45, 2.75) is 27.0 Å². The van der Waals surface area contributed by atoms with Crippen molar-refractivity contribution in [3.63, 3.8) is 0 Å². The van der Waals surface area contributed by atoms with Crippen LogP contribution in [0.3, 0.4) is 0 Å². The molecule has 0 heterocycles. The number of hydrogen-bond acceptors (Lipinski definition) is 3. The van der Waals surface area contributed by atoms with Gasteiger partial charge in [0.05, 0.1) is 0 Å². The zero-order chi connectivity index (χ0) is 20.6. The zero-order valence-corrected chi connectivity index (χ0v) is 17.4. The molecule has 4 nitrogen and oxygen atoms in total. The van der Waals surface area contributed by atoms with E-state index in [1.807, 2.05) is 86.6 Å². The standard InChI is InChI=1S/C24H25ClN2O2/c1-17(2)24(28)27-21-11-9-20(10-12-21)26-15-18-7-13-22(14-8-18)29-16-19-5-3-4-6-23(19)25/h3-14,17,26H,15-16H2,1-2H3,(H,27,28). The maximum absolute atomic E-state index is 11.7. The highest BCUT2D eigenvalue weighted by Crippen LogP contribution is 2.20. The van der Waals surface area contributed by atoms with E-state index in [4.69, 9.17) is 16.3 Å². The summed E-state index contributed by atoms with van der Waals surface area (Å²) in [5.74, 6) is 0.783. The number of rotatable bonds is 8. The fraction of sp³-hybridized carbons (Fsp3) is 0.208. The fourth-order valence-electron chi connectivity index (χ4n) is 2.64. The zero-order valence-electron chi connectivity index (χ0n) is 16.6. The molecule has 5 heteroatoms. The first kappa shape index (κ1) is 20.7. The molecule has 3 aromatic carbocycles. The van der Waals surface area contributed by atoms with Crippen LogP contribution in [0.1, 0.15) is 25.0 Å². The molecule has 2 N–H and O–H groups in total. The summed E-state index contributed by atoms with van der Waals surface area (Å²) in [5, 5.41) is 6.98. The summed E-state index contributed by atoms with van der Waals surface area (Å²) in [6.07, 6.45) is 0. The third-order valence-corrected chi connectivity index (χ3v) is 4.82. The molecule has 150 valence electrons. The molecule has 0 bridgehead atoms. The number of benzene rings is 3. The van der Waals surface area contributed by atoms with Crippen LogP contribution in [0.25, 0.3) is 0 Å². The fourth-order valence-corrected chi connectivity index (χ4v) is 2.83. The van der Waals surface area contributed by atoms with E-state index in [0.717, 1.165) is 28.3 Å². The van der Waals surface area contributed by atoms with Gasteiger partial charge in [-0.05, 0) is 48.0 Å². The van der Waals surface area contributed by atoms with Crippen LogP contribution in [-0.4, -0.2) is 5.91 Å². The van der Waals surface area contributed by atoms with Crippen molar-refractivity contribution in [3.8, 4) is 5.75 Å². The predicted octanol–water partition coefficient (Wildman–Crippen LogP) is 6.13. The normalized spacial score (nSPS) is 10.6. The lowest BCUT2D eigenvalue weighted by molar-refractivity contribution is -0.118. The Balaban J connectivity index is 1.48. The first-order valence-electron chi connectivity index (χ1n) is 9.61. The van der Waals surface area contributed by atoms with Gasteiger partial charge in [-0.15, -0.1) is 0 Å². The SMILES string of the molecule is CC(C)C(=O)Nc1ccc(NCc2ccc(OCc3ccccc3Cl)cc2)cc1. The van der Waals surface area contributed by atoms with E-state index in [9.17, 15) is 4.79 Å². The Morgan fingerprint density at radius 3 is 2.24 bits per heavy atom. The minimum absolute atomic E-state index is 0.0163. The number of anilines is 2. The number of carbonyl (C=O) groups excluding carboxylic acids is 1. The van der Waals surface area contributed by atoms with Gasteiger partial charge in [-0.2, -0.15) is 0 Å². The summed E-state index contributed by atoms with van der Waals surface area (Å²) in [6.45, 7) is 4.89. The average Bonchev–Trinajstić information content (AvgIpc) is 2.73. The number of amides is 1. The molecule has 0 saturated heterocycles. The number of hydrogen-bond donors (Lipinski definition) is 2. The Kier molecular flexibility index (Phi) is 7.14. The highest BCUT2D eigenvalue weighted by Gasteiger charge is 2.06. The molecule has 1 amide bonds. The van der Waals surface area contributed by atoms with Crippen LogP contribution in [0.2, 0.25) is 5.02 Å². The van der Waals surface area contributed by atoms with E-state index in [-0.39, 0.29) is 11.8 Å². The van der Waals surface area contributed by atoms with Crippen LogP contribution in [0.15, 0.2) is 72.8 Å². The van der Waals surface area contributed by atoms with Crippen LogP contribution in [0, 0.1) is 5.92 Å². The monoisotopic (exact) mass is 408 g/mol. The Morgan fingerprint density at radius 1 is 0.931 bits per heavy atom. The summed E-state index contributed by atoms with van der Waals surface area (Å²) in [5.41, 5.74) is 3.90. The highest BCUT2D eigenvalue weighted by atomic mass is 35.5. The first-order chi connectivity index (χ1) is 14.0. The molecule has 0 aliphatic carbocycles. The molecule has 0 saturated carbocycles. The quantitative estimate of drug-likeness (QED) is 0.471. The van der Waals surface area contributed by atoms with Gasteiger partial charge in [-0.1, -0.05) is 55.8 Å². The van der Waals surface area contributed by atoms with E-state index in [1.165, 1.54) is 0 Å². The van der Waals surface area contributed by atoms with Gasteiger partial charge < -0.3 is 15.4 Å². The smallest absolute Gasteiger partial charge is 0.226 e. The molecule has 3 rings (SSSR count). The van der Waals surface area contributed by atoms with Crippen molar-refractivity contribution in [2.24, 2.45) is 5.92 Å². The molecule has 0 aliphatic rings. The van der Waals surface area contributed by atoms with Gasteiger partial charge in [0.25, 0.3) is 0 Å². The molecule has 0 atom stereocenters. The minimum Gasteiger partial charge on any atom is -0.489 e. The lowest BCUT2D eigenvalue weighted by Gasteiger charge is -2.11. The molecule has 0 aliphatic heterocycles. The van der Waals surface area contributed by atoms with Crippen molar-refractivity contribution in [1.29, 1.82) is 0 Å². The second kappa shape index (κ2) is 9.99. The Bertz CT molecular complexity index is 938. The van der Waals surface area contributed by atoms with Crippen LogP contribution in [0.4, 0.5) is 11.4 Å². The Labute approximate surface area is 176 Å². The summed E-state index contributed by atoms with van der Waals surface area (Å²) < 4.78 is 5.81. The van der Waals surface area contributed by atoms with E-state index in [1.54, 1.807) is 0 Å². The van der Waals surface area contributed by atoms with Crippen molar-refractivity contribution in [2.75, 3.05) is 10.6 Å². The largest absolute Gasteiger partial charge is 0.489 e. The van der Waals surface area contributed by atoms with Gasteiger partial charge in [0.15, 0.2) is 0 Å². The highest BCUT2D eigenvalue weighted by molar-refractivity contribution is 6.31. The van der Waals surface area contributed by atoms with Crippen LogP contribution in [0.5, 0.6) is 5.75 Å². The third-order valence-electron chi connectivity index (χ3n) is 4.45. The van der Waals surface area contributed by atoms with Crippen LogP contribution < -0.4 is 15.4 Å². The molecule has 29 heavy (non-hydrogen) atoms. The second-order valence-corrected chi connectivity index (χ2v) is 7.51. The van der Waals surface area contributed by atoms with Crippen molar-refractivity contribution >= 4 is 28.9 Å². The van der Waals surface area contributed by atoms with E-state index >= 15 is 0 Å². The van der Waals surface area contributed by atoms with Crippen LogP contribution in [-0.2, 0) is 17.9 Å². The Hall–Kier alpha value is -2.98. The van der Waals surface area contributed by atoms with Crippen molar-refractivity contribution in [1.82, 2.24) is 0 Å². The number of halogens is 1. The van der Waals surface area contributed by atoms with E-state index in [0.29, 0.717) is 18.2 Å². The topological polar surface area (TPSA) is 50.4 Å². The van der Waals surface area contributed by atoms with Crippen molar-refractivity contribution < 1.29 is 9.53 Å². The maximum atomic E-state index is 11.7. The number of nitrogens with one attached hydrogen (secondary N) is 2. The summed E-state index contributed by atoms with van der Waals surface area (Å²) in [4.78, 5) is 11.7. The van der Waals surface area contributed by atoms with Crippen LogP contribution >= 0.6 is 11.6 Å². The molecule has 0 unspecified atom stereocenters. The van der Waals surface area contributed by atoms with Gasteiger partial charge >= 0.3 is 0 Å². The van der Waals surface area contributed by atoms with Gasteiger partial charge in [-0.3, -0.25) is 4.79 Å². The van der Waals surface area contributed by atoms with Crippen molar-refractivity contribution in [3.05, 3.63) is 88.9 Å². The lowest BCUT2D eigenvalue weighted by atomic mass is 10.2. The third kappa shape index (κ3) is 6.26. The summed E-state index contributed by atoms with van der Waals surface area (Å²) in [7, 11) is 0. The molecular formula is C24H25ClN2O2. The van der Waals surface area contributed by atoms with E-state index < -0.39 is 0 Å². The predicted molar refractivity (Wildman–Crippen MR) is 119 cm³/mol. The maximum Gasteiger partial charge on any atom is 0.226 e.